The number of amides is 1. The number of carbonyl (C=O) groups is 1. The van der Waals surface area contributed by atoms with Gasteiger partial charge in [0.25, 0.3) is 0 Å². The van der Waals surface area contributed by atoms with Crippen LogP contribution in [0, 0.1) is 5.92 Å². The highest BCUT2D eigenvalue weighted by molar-refractivity contribution is 8.01. The van der Waals surface area contributed by atoms with E-state index in [1.54, 1.807) is 0 Å². The molecule has 0 spiro atoms. The first-order chi connectivity index (χ1) is 6.81. The molecule has 1 amide bonds. The summed E-state index contributed by atoms with van der Waals surface area (Å²) in [5, 5.41) is 7.06. The van der Waals surface area contributed by atoms with Crippen molar-refractivity contribution < 1.29 is 4.79 Å². The monoisotopic (exact) mass is 214 g/mol. The molecule has 80 valence electrons. The Kier molecular flexibility index (Phi) is 3.34. The lowest BCUT2D eigenvalue weighted by Crippen LogP contribution is -2.38. The van der Waals surface area contributed by atoms with Crippen molar-refractivity contribution in [1.29, 1.82) is 0 Å². The van der Waals surface area contributed by atoms with Crippen molar-refractivity contribution in [3.63, 3.8) is 0 Å². The van der Waals surface area contributed by atoms with Crippen LogP contribution in [0.25, 0.3) is 0 Å². The number of thioether (sulfide) groups is 1. The van der Waals surface area contributed by atoms with Crippen molar-refractivity contribution in [2.24, 2.45) is 5.92 Å². The molecule has 0 aromatic rings. The van der Waals surface area contributed by atoms with Crippen molar-refractivity contribution in [3.05, 3.63) is 0 Å². The maximum atomic E-state index is 11.5. The first-order valence-corrected chi connectivity index (χ1v) is 6.42. The van der Waals surface area contributed by atoms with E-state index < -0.39 is 0 Å². The molecule has 0 bridgehead atoms. The smallest absolute Gasteiger partial charge is 0.234 e. The molecule has 0 aliphatic carbocycles. The number of carbonyl (C=O) groups excluding carboxylic acids is 1. The number of hydrogen-bond acceptors (Lipinski definition) is 3. The fourth-order valence-corrected chi connectivity index (χ4v) is 3.58. The average molecular weight is 214 g/mol. The molecule has 1 unspecified atom stereocenters. The van der Waals surface area contributed by atoms with Crippen molar-refractivity contribution >= 4 is 17.7 Å². The second-order valence-corrected chi connectivity index (χ2v) is 5.40. The molecule has 2 saturated heterocycles. The molecule has 2 heterocycles. The van der Waals surface area contributed by atoms with Crippen LogP contribution in [0.3, 0.4) is 0 Å². The fourth-order valence-electron chi connectivity index (χ4n) is 2.16. The summed E-state index contributed by atoms with van der Waals surface area (Å²) in [6, 6.07) is 0. The minimum Gasteiger partial charge on any atom is -0.343 e. The molecular formula is C10H18N2OS. The highest BCUT2D eigenvalue weighted by Gasteiger charge is 2.36. The first kappa shape index (κ1) is 10.3. The highest BCUT2D eigenvalue weighted by Crippen LogP contribution is 2.33. The van der Waals surface area contributed by atoms with Crippen LogP contribution in [0.1, 0.15) is 26.2 Å². The second-order valence-electron chi connectivity index (χ2n) is 4.05. The molecule has 2 aliphatic heterocycles. The van der Waals surface area contributed by atoms with Gasteiger partial charge in [-0.3, -0.25) is 4.79 Å². The molecule has 2 rings (SSSR count). The lowest BCUT2D eigenvalue weighted by atomic mass is 9.98. The van der Waals surface area contributed by atoms with E-state index in [1.807, 2.05) is 11.8 Å². The SMILES string of the molecule is CC[C@@H]1SC(C2CCNCC2)NC1=O. The van der Waals surface area contributed by atoms with Gasteiger partial charge in [0.2, 0.25) is 5.91 Å². The van der Waals surface area contributed by atoms with Gasteiger partial charge in [0.15, 0.2) is 0 Å². The third-order valence-electron chi connectivity index (χ3n) is 3.07. The Labute approximate surface area is 89.4 Å². The quantitative estimate of drug-likeness (QED) is 0.719. The van der Waals surface area contributed by atoms with Gasteiger partial charge in [0, 0.05) is 0 Å². The van der Waals surface area contributed by atoms with Crippen molar-refractivity contribution in [2.45, 2.75) is 36.8 Å². The Bertz CT molecular complexity index is 216. The summed E-state index contributed by atoms with van der Waals surface area (Å²) in [7, 11) is 0. The van der Waals surface area contributed by atoms with Gasteiger partial charge in [-0.15, -0.1) is 11.8 Å². The van der Waals surface area contributed by atoms with E-state index in [0.717, 1.165) is 19.5 Å². The zero-order chi connectivity index (χ0) is 9.97. The molecular weight excluding hydrogens is 196 g/mol. The van der Waals surface area contributed by atoms with Crippen molar-refractivity contribution in [2.75, 3.05) is 13.1 Å². The fraction of sp³-hybridized carbons (Fsp3) is 0.900. The van der Waals surface area contributed by atoms with Crippen molar-refractivity contribution in [3.8, 4) is 0 Å². The zero-order valence-corrected chi connectivity index (χ0v) is 9.40. The van der Waals surface area contributed by atoms with Crippen LogP contribution in [-0.4, -0.2) is 29.6 Å². The molecule has 14 heavy (non-hydrogen) atoms. The summed E-state index contributed by atoms with van der Waals surface area (Å²) in [6.45, 7) is 4.30. The number of rotatable bonds is 2. The highest BCUT2D eigenvalue weighted by atomic mass is 32.2. The molecule has 0 aromatic heterocycles. The normalized spacial score (nSPS) is 34.5. The van der Waals surface area contributed by atoms with Crippen LogP contribution < -0.4 is 10.6 Å². The third-order valence-corrected chi connectivity index (χ3v) is 4.74. The summed E-state index contributed by atoms with van der Waals surface area (Å²) in [5.74, 6) is 0.933. The van der Waals surface area contributed by atoms with Gasteiger partial charge >= 0.3 is 0 Å². The molecule has 0 radical (unpaired) electrons. The lowest BCUT2D eigenvalue weighted by molar-refractivity contribution is -0.120. The predicted octanol–water partition coefficient (Wildman–Crippen LogP) is 0.954. The Morgan fingerprint density at radius 2 is 2.14 bits per heavy atom. The van der Waals surface area contributed by atoms with Crippen LogP contribution in [0.5, 0.6) is 0 Å². The Morgan fingerprint density at radius 3 is 2.71 bits per heavy atom. The predicted molar refractivity (Wildman–Crippen MR) is 59.2 cm³/mol. The van der Waals surface area contributed by atoms with Crippen LogP contribution in [0.4, 0.5) is 0 Å². The average Bonchev–Trinajstić information content (AvgIpc) is 2.61. The second kappa shape index (κ2) is 4.53. The number of hydrogen-bond donors (Lipinski definition) is 2. The number of nitrogens with one attached hydrogen (secondary N) is 2. The first-order valence-electron chi connectivity index (χ1n) is 5.48. The van der Waals surface area contributed by atoms with Gasteiger partial charge in [0.05, 0.1) is 10.6 Å². The topological polar surface area (TPSA) is 41.1 Å². The van der Waals surface area contributed by atoms with E-state index in [9.17, 15) is 4.79 Å². The van der Waals surface area contributed by atoms with E-state index >= 15 is 0 Å². The van der Waals surface area contributed by atoms with Crippen LogP contribution in [0.2, 0.25) is 0 Å². The van der Waals surface area contributed by atoms with Crippen LogP contribution >= 0.6 is 11.8 Å². The molecule has 3 nitrogen and oxygen atoms in total. The van der Waals surface area contributed by atoms with Gasteiger partial charge in [-0.2, -0.15) is 0 Å². The number of piperidine rings is 1. The Balaban J connectivity index is 1.90. The zero-order valence-electron chi connectivity index (χ0n) is 8.58. The Morgan fingerprint density at radius 1 is 1.43 bits per heavy atom. The standard InChI is InChI=1S/C10H18N2OS/c1-2-8-9(13)12-10(14-8)7-3-5-11-6-4-7/h7-8,10-11H,2-6H2,1H3,(H,12,13)/t8-,10?/m0/s1. The molecule has 4 heteroatoms. The summed E-state index contributed by atoms with van der Waals surface area (Å²) < 4.78 is 0. The minimum atomic E-state index is 0.204. The molecule has 0 aromatic carbocycles. The molecule has 2 fully saturated rings. The molecule has 2 N–H and O–H groups in total. The van der Waals surface area contributed by atoms with Crippen LogP contribution in [0.15, 0.2) is 0 Å². The summed E-state index contributed by atoms with van der Waals surface area (Å²) in [5.41, 5.74) is 0. The van der Waals surface area contributed by atoms with E-state index in [4.69, 9.17) is 0 Å². The van der Waals surface area contributed by atoms with E-state index in [0.29, 0.717) is 11.3 Å². The van der Waals surface area contributed by atoms with Gasteiger partial charge in [-0.1, -0.05) is 6.92 Å². The maximum Gasteiger partial charge on any atom is 0.234 e. The Hall–Kier alpha value is -0.220. The minimum absolute atomic E-state index is 0.204. The largest absolute Gasteiger partial charge is 0.343 e. The summed E-state index contributed by atoms with van der Waals surface area (Å²) >= 11 is 1.84. The van der Waals surface area contributed by atoms with E-state index in [-0.39, 0.29) is 11.2 Å². The van der Waals surface area contributed by atoms with E-state index in [1.165, 1.54) is 12.8 Å². The van der Waals surface area contributed by atoms with E-state index in [2.05, 4.69) is 17.6 Å². The maximum absolute atomic E-state index is 11.5. The van der Waals surface area contributed by atoms with Gasteiger partial charge in [-0.05, 0) is 38.3 Å². The third kappa shape index (κ3) is 2.06. The van der Waals surface area contributed by atoms with Crippen LogP contribution in [-0.2, 0) is 4.79 Å². The molecule has 0 saturated carbocycles. The summed E-state index contributed by atoms with van der Waals surface area (Å²) in [4.78, 5) is 11.5. The summed E-state index contributed by atoms with van der Waals surface area (Å²) in [6.07, 6.45) is 3.36. The molecule has 2 aliphatic rings. The molecule has 2 atom stereocenters. The van der Waals surface area contributed by atoms with Crippen molar-refractivity contribution in [1.82, 2.24) is 10.6 Å². The van der Waals surface area contributed by atoms with Gasteiger partial charge < -0.3 is 10.6 Å². The van der Waals surface area contributed by atoms with Gasteiger partial charge in [-0.25, -0.2) is 0 Å². The van der Waals surface area contributed by atoms with Gasteiger partial charge in [0.1, 0.15) is 0 Å². The lowest BCUT2D eigenvalue weighted by Gasteiger charge is -2.27.